The minimum absolute atomic E-state index is 0. The summed E-state index contributed by atoms with van der Waals surface area (Å²) in [6, 6.07) is 7.18. The van der Waals surface area contributed by atoms with Crippen LogP contribution in [-0.4, -0.2) is 0 Å². The van der Waals surface area contributed by atoms with Gasteiger partial charge in [0.1, 0.15) is 0 Å². The summed E-state index contributed by atoms with van der Waals surface area (Å²) in [5.74, 6) is 0.115. The molecule has 1 aromatic carbocycles. The highest BCUT2D eigenvalue weighted by atomic mass is 35.5. The lowest BCUT2D eigenvalue weighted by molar-refractivity contribution is -0.0868. The van der Waals surface area contributed by atoms with E-state index in [-0.39, 0.29) is 18.3 Å². The summed E-state index contributed by atoms with van der Waals surface area (Å²) in [5.41, 5.74) is -3.20. The van der Waals surface area contributed by atoms with E-state index in [0.29, 0.717) is 9.58 Å². The summed E-state index contributed by atoms with van der Waals surface area (Å²) >= 11 is 0. The molecule has 1 fully saturated rings. The molecule has 0 bridgehead atoms. The van der Waals surface area contributed by atoms with Gasteiger partial charge < -0.3 is 0 Å². The van der Waals surface area contributed by atoms with Crippen molar-refractivity contribution in [3.8, 4) is 0 Å². The molecule has 1 atom stereocenters. The molecule has 2 aromatic rings. The van der Waals surface area contributed by atoms with Crippen LogP contribution in [0.3, 0.4) is 0 Å². The lowest BCUT2D eigenvalue weighted by Crippen LogP contribution is -2.02. The third kappa shape index (κ3) is 3.28. The van der Waals surface area contributed by atoms with E-state index in [1.807, 2.05) is 19.1 Å². The fourth-order valence-electron chi connectivity index (χ4n) is 3.45. The zero-order valence-electron chi connectivity index (χ0n) is 12.6. The van der Waals surface area contributed by atoms with E-state index >= 15 is 0 Å². The summed E-state index contributed by atoms with van der Waals surface area (Å²) in [6.07, 6.45) is 6.28. The Labute approximate surface area is 138 Å². The SMILES string of the molecule is Cc1cccc2c1cc(C1CCCCCC1)[s+]2C(F)(F)F.Cl. The molecule has 0 aliphatic heterocycles. The van der Waals surface area contributed by atoms with Gasteiger partial charge in [-0.25, -0.2) is 0 Å². The normalized spacial score (nSPS) is 18.1. The molecule has 0 N–H and O–H groups in total. The highest BCUT2D eigenvalue weighted by Gasteiger charge is 2.49. The van der Waals surface area contributed by atoms with Crippen LogP contribution >= 0.6 is 22.9 Å². The zero-order valence-corrected chi connectivity index (χ0v) is 14.2. The molecule has 1 heterocycles. The minimum atomic E-state index is -4.16. The molecule has 1 aromatic heterocycles. The van der Waals surface area contributed by atoms with Crippen molar-refractivity contribution in [2.45, 2.75) is 56.9 Å². The molecular weight excluding hydrogens is 329 g/mol. The molecular formula is C17H21ClF3S+. The second-order valence-corrected chi connectivity index (χ2v) is 7.96. The van der Waals surface area contributed by atoms with Gasteiger partial charge in [0.25, 0.3) is 0 Å². The number of halogens is 4. The van der Waals surface area contributed by atoms with Crippen molar-refractivity contribution in [3.05, 3.63) is 34.7 Å². The molecule has 1 aliphatic carbocycles. The van der Waals surface area contributed by atoms with Crippen LogP contribution in [0.15, 0.2) is 24.3 Å². The van der Waals surface area contributed by atoms with Crippen LogP contribution in [0, 0.1) is 6.92 Å². The fraction of sp³-hybridized carbons (Fsp3) is 0.529. The first-order valence-corrected chi connectivity index (χ1v) is 8.83. The van der Waals surface area contributed by atoms with E-state index in [1.165, 1.54) is 0 Å². The number of rotatable bonds is 1. The van der Waals surface area contributed by atoms with Gasteiger partial charge in [0, 0.05) is 17.4 Å². The second-order valence-electron chi connectivity index (χ2n) is 5.97. The van der Waals surface area contributed by atoms with E-state index in [2.05, 4.69) is 0 Å². The highest BCUT2D eigenvalue weighted by Crippen LogP contribution is 2.55. The van der Waals surface area contributed by atoms with Crippen LogP contribution in [0.5, 0.6) is 0 Å². The molecule has 0 spiro atoms. The van der Waals surface area contributed by atoms with Gasteiger partial charge in [-0.3, -0.25) is 0 Å². The van der Waals surface area contributed by atoms with Crippen molar-refractivity contribution in [3.63, 3.8) is 0 Å². The first-order chi connectivity index (χ1) is 9.98. The summed E-state index contributed by atoms with van der Waals surface area (Å²) in [4.78, 5) is 0.647. The first kappa shape index (κ1) is 17.6. The smallest absolute Gasteiger partial charge is 0.147 e. The summed E-state index contributed by atoms with van der Waals surface area (Å²) in [7, 11) is -1.71. The molecule has 3 rings (SSSR count). The lowest BCUT2D eigenvalue weighted by atomic mass is 9.98. The Kier molecular flexibility index (Phi) is 5.44. The van der Waals surface area contributed by atoms with Crippen LogP contribution in [0.1, 0.15) is 54.9 Å². The number of hydrogen-bond donors (Lipinski definition) is 0. The Morgan fingerprint density at radius 1 is 1.05 bits per heavy atom. The third-order valence-electron chi connectivity index (χ3n) is 4.52. The van der Waals surface area contributed by atoms with Gasteiger partial charge in [0.2, 0.25) is 0 Å². The Hall–Kier alpha value is -0.740. The standard InChI is InChI=1S/C17H20F3S.ClH/c1-12-7-6-10-15-14(12)11-16(21(15)17(18,19)20)13-8-4-2-3-5-9-13;/h6-7,10-11,13H,2-5,8-9H2,1H3;1H/q+1;. The largest absolute Gasteiger partial charge is 0.600 e. The lowest BCUT2D eigenvalue weighted by Gasteiger charge is -2.10. The van der Waals surface area contributed by atoms with E-state index in [0.717, 1.165) is 49.5 Å². The third-order valence-corrected chi connectivity index (χ3v) is 6.70. The second kappa shape index (κ2) is 6.79. The number of hydrogen-bond acceptors (Lipinski definition) is 0. The van der Waals surface area contributed by atoms with Crippen LogP contribution in [-0.2, 0) is 5.51 Å². The van der Waals surface area contributed by atoms with Gasteiger partial charge >= 0.3 is 5.51 Å². The molecule has 1 aliphatic rings. The Morgan fingerprint density at radius 3 is 2.27 bits per heavy atom. The van der Waals surface area contributed by atoms with Crippen molar-refractivity contribution >= 4 is 33.0 Å². The molecule has 22 heavy (non-hydrogen) atoms. The number of aryl methyl sites for hydroxylation is 1. The Balaban J connectivity index is 0.00000176. The van der Waals surface area contributed by atoms with Crippen molar-refractivity contribution < 1.29 is 13.2 Å². The van der Waals surface area contributed by atoms with Crippen molar-refractivity contribution in [2.75, 3.05) is 0 Å². The van der Waals surface area contributed by atoms with Gasteiger partial charge in [-0.2, -0.15) is 0 Å². The number of fused-ring (bicyclic) bond motifs is 1. The first-order valence-electron chi connectivity index (χ1n) is 7.61. The summed E-state index contributed by atoms with van der Waals surface area (Å²) in [5, 5.41) is 0.817. The van der Waals surface area contributed by atoms with Gasteiger partial charge in [-0.15, -0.1) is 25.6 Å². The summed E-state index contributed by atoms with van der Waals surface area (Å²) < 4.78 is 41.4. The molecule has 5 heteroatoms. The van der Waals surface area contributed by atoms with E-state index in [1.54, 1.807) is 12.1 Å². The van der Waals surface area contributed by atoms with Crippen molar-refractivity contribution in [2.24, 2.45) is 0 Å². The summed E-state index contributed by atoms with van der Waals surface area (Å²) in [6.45, 7) is 1.91. The molecule has 1 saturated carbocycles. The predicted molar refractivity (Wildman–Crippen MR) is 90.2 cm³/mol. The number of thiophene rings is 1. The van der Waals surface area contributed by atoms with Crippen molar-refractivity contribution in [1.29, 1.82) is 0 Å². The Morgan fingerprint density at radius 2 is 1.68 bits per heavy atom. The highest BCUT2D eigenvalue weighted by molar-refractivity contribution is 7.38. The van der Waals surface area contributed by atoms with Gasteiger partial charge in [0.15, 0.2) is 9.58 Å². The van der Waals surface area contributed by atoms with E-state index in [4.69, 9.17) is 0 Å². The quantitative estimate of drug-likeness (QED) is 0.376. The van der Waals surface area contributed by atoms with Gasteiger partial charge in [-0.05, 0) is 31.4 Å². The molecule has 0 saturated heterocycles. The molecule has 1 unspecified atom stereocenters. The van der Waals surface area contributed by atoms with Crippen LogP contribution in [0.4, 0.5) is 13.2 Å². The fourth-order valence-corrected chi connectivity index (χ4v) is 5.68. The van der Waals surface area contributed by atoms with E-state index in [9.17, 15) is 13.2 Å². The Bertz CT molecular complexity index is 637. The number of benzene rings is 1. The average Bonchev–Trinajstić information content (AvgIpc) is 2.63. The molecule has 0 radical (unpaired) electrons. The van der Waals surface area contributed by atoms with Crippen LogP contribution in [0.25, 0.3) is 10.1 Å². The predicted octanol–water partition coefficient (Wildman–Crippen LogP) is 7.23. The van der Waals surface area contributed by atoms with Crippen molar-refractivity contribution in [1.82, 2.24) is 0 Å². The maximum absolute atomic E-state index is 13.6. The average molecular weight is 350 g/mol. The molecule has 122 valence electrons. The van der Waals surface area contributed by atoms with Crippen LogP contribution < -0.4 is 0 Å². The maximum atomic E-state index is 13.6. The minimum Gasteiger partial charge on any atom is -0.147 e. The van der Waals surface area contributed by atoms with E-state index < -0.39 is 16.0 Å². The molecule has 0 nitrogen and oxygen atoms in total. The number of alkyl halides is 3. The monoisotopic (exact) mass is 349 g/mol. The van der Waals surface area contributed by atoms with Gasteiger partial charge in [0.05, 0.1) is 10.5 Å². The zero-order chi connectivity index (χ0) is 15.0. The van der Waals surface area contributed by atoms with Gasteiger partial charge in [-0.1, -0.05) is 37.8 Å². The maximum Gasteiger partial charge on any atom is 0.600 e. The topological polar surface area (TPSA) is 0 Å². The van der Waals surface area contributed by atoms with Crippen LogP contribution in [0.2, 0.25) is 0 Å². The molecule has 0 amide bonds.